The van der Waals surface area contributed by atoms with Gasteiger partial charge in [0.25, 0.3) is 0 Å². The van der Waals surface area contributed by atoms with Gasteiger partial charge in [-0.15, -0.1) is 0 Å². The van der Waals surface area contributed by atoms with Gasteiger partial charge in [-0.3, -0.25) is 4.79 Å². The maximum Gasteiger partial charge on any atom is 0.416 e. The zero-order valence-corrected chi connectivity index (χ0v) is 18.6. The van der Waals surface area contributed by atoms with E-state index in [1.54, 1.807) is 12.1 Å². The minimum atomic E-state index is -4.69. The third-order valence-electron chi connectivity index (χ3n) is 5.43. The van der Waals surface area contributed by atoms with Crippen LogP contribution in [0.25, 0.3) is 0 Å². The summed E-state index contributed by atoms with van der Waals surface area (Å²) in [7, 11) is -4.38. The number of ether oxygens (including phenoxy) is 1. The number of nitrogens with one attached hydrogen (secondary N) is 1. The van der Waals surface area contributed by atoms with E-state index in [4.69, 9.17) is 4.74 Å². The van der Waals surface area contributed by atoms with Crippen LogP contribution < -0.4 is 5.32 Å². The first-order valence-electron chi connectivity index (χ1n) is 10.1. The van der Waals surface area contributed by atoms with Crippen molar-refractivity contribution in [2.75, 3.05) is 25.0 Å². The van der Waals surface area contributed by atoms with Crippen LogP contribution in [0.2, 0.25) is 0 Å². The molecule has 1 aliphatic heterocycles. The van der Waals surface area contributed by atoms with Gasteiger partial charge in [-0.1, -0.05) is 18.2 Å². The number of carbonyl (C=O) groups excluding carboxylic acids is 1. The maximum absolute atomic E-state index is 13.2. The summed E-state index contributed by atoms with van der Waals surface area (Å²) in [6, 6.07) is 8.86. The van der Waals surface area contributed by atoms with E-state index in [0.717, 1.165) is 40.1 Å². The van der Waals surface area contributed by atoms with Crippen LogP contribution >= 0.6 is 0 Å². The molecule has 174 valence electrons. The van der Waals surface area contributed by atoms with E-state index in [2.05, 4.69) is 5.32 Å². The Bertz CT molecular complexity index is 1080. The summed E-state index contributed by atoms with van der Waals surface area (Å²) < 4.78 is 72.2. The largest absolute Gasteiger partial charge is 0.416 e. The SMILES string of the molecule is Cc1cccc(NC(=O)CN(CC2CCCO2)S(=O)(=O)c2cccc(C(F)(F)F)c2)c1C. The summed E-state index contributed by atoms with van der Waals surface area (Å²) in [5.41, 5.74) is 1.27. The average molecular weight is 471 g/mol. The molecule has 1 heterocycles. The Morgan fingerprint density at radius 3 is 2.56 bits per heavy atom. The lowest BCUT2D eigenvalue weighted by atomic mass is 10.1. The van der Waals surface area contributed by atoms with Gasteiger partial charge >= 0.3 is 6.18 Å². The second-order valence-corrected chi connectivity index (χ2v) is 9.69. The topological polar surface area (TPSA) is 75.7 Å². The third kappa shape index (κ3) is 5.67. The molecule has 0 spiro atoms. The molecule has 10 heteroatoms. The van der Waals surface area contributed by atoms with E-state index >= 15 is 0 Å². The Labute approximate surface area is 185 Å². The molecule has 1 aliphatic rings. The molecule has 32 heavy (non-hydrogen) atoms. The normalized spacial score (nSPS) is 17.0. The van der Waals surface area contributed by atoms with Crippen molar-refractivity contribution in [2.24, 2.45) is 0 Å². The van der Waals surface area contributed by atoms with Crippen molar-refractivity contribution in [3.63, 3.8) is 0 Å². The number of hydrogen-bond donors (Lipinski definition) is 1. The summed E-state index contributed by atoms with van der Waals surface area (Å²) >= 11 is 0. The fourth-order valence-corrected chi connectivity index (χ4v) is 4.96. The van der Waals surface area contributed by atoms with E-state index < -0.39 is 45.2 Å². The van der Waals surface area contributed by atoms with Gasteiger partial charge in [0.05, 0.1) is 23.1 Å². The van der Waals surface area contributed by atoms with E-state index in [9.17, 15) is 26.4 Å². The number of anilines is 1. The minimum Gasteiger partial charge on any atom is -0.377 e. The molecular weight excluding hydrogens is 445 g/mol. The molecule has 1 fully saturated rings. The predicted octanol–water partition coefficient (Wildman–Crippen LogP) is 4.13. The number of alkyl halides is 3. The van der Waals surface area contributed by atoms with Gasteiger partial charge in [-0.05, 0) is 62.1 Å². The van der Waals surface area contributed by atoms with Crippen molar-refractivity contribution in [1.82, 2.24) is 4.31 Å². The molecule has 3 rings (SSSR count). The Morgan fingerprint density at radius 1 is 1.19 bits per heavy atom. The number of hydrogen-bond acceptors (Lipinski definition) is 4. The molecule has 2 aromatic rings. The monoisotopic (exact) mass is 470 g/mol. The number of carbonyl (C=O) groups is 1. The minimum absolute atomic E-state index is 0.126. The maximum atomic E-state index is 13.2. The number of sulfonamides is 1. The molecule has 0 radical (unpaired) electrons. The molecule has 0 bridgehead atoms. The van der Waals surface area contributed by atoms with Crippen molar-refractivity contribution in [3.8, 4) is 0 Å². The highest BCUT2D eigenvalue weighted by molar-refractivity contribution is 7.89. The second-order valence-electron chi connectivity index (χ2n) is 7.75. The number of amides is 1. The van der Waals surface area contributed by atoms with Gasteiger partial charge in [-0.2, -0.15) is 17.5 Å². The van der Waals surface area contributed by atoms with Crippen LogP contribution in [0.5, 0.6) is 0 Å². The number of halogens is 3. The zero-order chi connectivity index (χ0) is 23.5. The summed E-state index contributed by atoms with van der Waals surface area (Å²) in [4.78, 5) is 12.2. The van der Waals surface area contributed by atoms with Crippen LogP contribution in [-0.2, 0) is 25.7 Å². The highest BCUT2D eigenvalue weighted by Gasteiger charge is 2.35. The summed E-state index contributed by atoms with van der Waals surface area (Å²) in [6.07, 6.45) is -3.77. The number of benzene rings is 2. The average Bonchev–Trinajstić information content (AvgIpc) is 3.23. The number of rotatable bonds is 7. The Balaban J connectivity index is 1.88. The highest BCUT2D eigenvalue weighted by Crippen LogP contribution is 2.31. The van der Waals surface area contributed by atoms with Gasteiger partial charge in [0, 0.05) is 18.8 Å². The lowest BCUT2D eigenvalue weighted by molar-refractivity contribution is -0.137. The van der Waals surface area contributed by atoms with Gasteiger partial charge in [0.2, 0.25) is 15.9 Å². The number of nitrogens with zero attached hydrogens (tertiary/aromatic N) is 1. The Kier molecular flexibility index (Phi) is 7.26. The molecule has 0 aliphatic carbocycles. The second kappa shape index (κ2) is 9.60. The van der Waals surface area contributed by atoms with Gasteiger partial charge in [0.1, 0.15) is 0 Å². The van der Waals surface area contributed by atoms with Crippen molar-refractivity contribution in [2.45, 2.75) is 43.9 Å². The van der Waals surface area contributed by atoms with Crippen LogP contribution in [0.3, 0.4) is 0 Å². The number of aryl methyl sites for hydroxylation is 1. The van der Waals surface area contributed by atoms with Gasteiger partial charge in [-0.25, -0.2) is 8.42 Å². The first-order chi connectivity index (χ1) is 15.0. The predicted molar refractivity (Wildman–Crippen MR) is 114 cm³/mol. The summed E-state index contributed by atoms with van der Waals surface area (Å²) in [5.74, 6) is -0.591. The first kappa shape index (κ1) is 24.2. The first-order valence-corrected chi connectivity index (χ1v) is 11.6. The fourth-order valence-electron chi connectivity index (χ4n) is 3.48. The van der Waals surface area contributed by atoms with Crippen molar-refractivity contribution >= 4 is 21.6 Å². The van der Waals surface area contributed by atoms with Crippen LogP contribution in [0, 0.1) is 13.8 Å². The zero-order valence-electron chi connectivity index (χ0n) is 17.8. The fraction of sp³-hybridized carbons (Fsp3) is 0.409. The van der Waals surface area contributed by atoms with E-state index in [-0.39, 0.29) is 6.54 Å². The van der Waals surface area contributed by atoms with Crippen molar-refractivity contribution < 1.29 is 31.1 Å². The molecule has 1 amide bonds. The standard InChI is InChI=1S/C22H25F3N2O4S/c1-15-6-3-10-20(16(15)2)26-21(28)14-27(13-18-8-5-11-31-18)32(29,30)19-9-4-7-17(12-19)22(23,24)25/h3-4,6-7,9-10,12,18H,5,8,11,13-14H2,1-2H3,(H,26,28). The molecule has 0 saturated carbocycles. The smallest absolute Gasteiger partial charge is 0.377 e. The van der Waals surface area contributed by atoms with E-state index in [1.165, 1.54) is 0 Å². The van der Waals surface area contributed by atoms with Crippen LogP contribution in [-0.4, -0.2) is 44.4 Å². The summed E-state index contributed by atoms with van der Waals surface area (Å²) in [6.45, 7) is 3.50. The highest BCUT2D eigenvalue weighted by atomic mass is 32.2. The van der Waals surface area contributed by atoms with Crippen molar-refractivity contribution in [1.29, 1.82) is 0 Å². The van der Waals surface area contributed by atoms with E-state index in [0.29, 0.717) is 24.8 Å². The van der Waals surface area contributed by atoms with Crippen LogP contribution in [0.1, 0.15) is 29.5 Å². The van der Waals surface area contributed by atoms with Gasteiger partial charge < -0.3 is 10.1 Å². The third-order valence-corrected chi connectivity index (χ3v) is 7.24. The molecule has 2 aromatic carbocycles. The lowest BCUT2D eigenvalue weighted by Gasteiger charge is -2.25. The van der Waals surface area contributed by atoms with Crippen LogP contribution in [0.15, 0.2) is 47.4 Å². The molecule has 1 atom stereocenters. The Morgan fingerprint density at radius 2 is 1.91 bits per heavy atom. The lowest BCUT2D eigenvalue weighted by Crippen LogP contribution is -2.42. The molecule has 1 saturated heterocycles. The van der Waals surface area contributed by atoms with Crippen molar-refractivity contribution in [3.05, 3.63) is 59.2 Å². The Hall–Kier alpha value is -2.43. The van der Waals surface area contributed by atoms with Crippen LogP contribution in [0.4, 0.5) is 18.9 Å². The van der Waals surface area contributed by atoms with Gasteiger partial charge in [0.15, 0.2) is 0 Å². The molecule has 1 unspecified atom stereocenters. The molecule has 0 aromatic heterocycles. The quantitative estimate of drug-likeness (QED) is 0.660. The molecule has 1 N–H and O–H groups in total. The summed E-state index contributed by atoms with van der Waals surface area (Å²) in [5, 5.41) is 2.70. The molecular formula is C22H25F3N2O4S. The van der Waals surface area contributed by atoms with E-state index in [1.807, 2.05) is 19.9 Å². The molecule has 6 nitrogen and oxygen atoms in total.